The Morgan fingerprint density at radius 2 is 2.00 bits per heavy atom. The Balaban J connectivity index is 2.30. The number of aliphatic hydroxyl groups excluding tert-OH is 1. The molecule has 1 rings (SSSR count). The van der Waals surface area contributed by atoms with E-state index in [2.05, 4.69) is 12.2 Å². The fourth-order valence-corrected chi connectivity index (χ4v) is 1.88. The Hall–Kier alpha value is -1.55. The van der Waals surface area contributed by atoms with Gasteiger partial charge in [-0.25, -0.2) is 0 Å². The summed E-state index contributed by atoms with van der Waals surface area (Å²) < 4.78 is 5.56. The number of ether oxygens (including phenoxy) is 1. The van der Waals surface area contributed by atoms with Crippen molar-refractivity contribution in [2.75, 3.05) is 19.8 Å². The minimum atomic E-state index is -0.0632. The van der Waals surface area contributed by atoms with E-state index in [-0.39, 0.29) is 12.5 Å². The average molecular weight is 293 g/mol. The first-order chi connectivity index (χ1) is 10.2. The van der Waals surface area contributed by atoms with E-state index >= 15 is 0 Å². The lowest BCUT2D eigenvalue weighted by Gasteiger charge is -2.09. The molecule has 21 heavy (non-hydrogen) atoms. The van der Waals surface area contributed by atoms with Crippen LogP contribution in [0.2, 0.25) is 0 Å². The van der Waals surface area contributed by atoms with Gasteiger partial charge in [0.25, 0.3) is 5.91 Å². The van der Waals surface area contributed by atoms with Gasteiger partial charge in [0, 0.05) is 18.7 Å². The highest BCUT2D eigenvalue weighted by Gasteiger charge is 2.06. The highest BCUT2D eigenvalue weighted by molar-refractivity contribution is 5.94. The number of hydrogen-bond acceptors (Lipinski definition) is 3. The molecule has 0 aromatic heterocycles. The van der Waals surface area contributed by atoms with Gasteiger partial charge < -0.3 is 15.2 Å². The number of aliphatic hydroxyl groups is 1. The average Bonchev–Trinajstić information content (AvgIpc) is 2.52. The lowest BCUT2D eigenvalue weighted by atomic mass is 10.1. The van der Waals surface area contributed by atoms with Gasteiger partial charge >= 0.3 is 0 Å². The van der Waals surface area contributed by atoms with Gasteiger partial charge in [0.15, 0.2) is 0 Å². The first-order valence-corrected chi connectivity index (χ1v) is 7.79. The first kappa shape index (κ1) is 17.5. The van der Waals surface area contributed by atoms with Crippen LogP contribution in [0, 0.1) is 5.92 Å². The summed E-state index contributed by atoms with van der Waals surface area (Å²) in [6.07, 6.45) is 3.94. The number of carbonyl (C=O) groups excluding carboxylic acids is 1. The zero-order chi connectivity index (χ0) is 15.5. The Kier molecular flexibility index (Phi) is 8.51. The number of rotatable bonds is 10. The smallest absolute Gasteiger partial charge is 0.251 e. The molecule has 0 radical (unpaired) electrons. The van der Waals surface area contributed by atoms with Crippen molar-refractivity contribution < 1.29 is 14.6 Å². The van der Waals surface area contributed by atoms with E-state index in [0.717, 1.165) is 31.4 Å². The minimum absolute atomic E-state index is 0.0632. The second-order valence-corrected chi connectivity index (χ2v) is 5.41. The second-order valence-electron chi connectivity index (χ2n) is 5.41. The topological polar surface area (TPSA) is 58.6 Å². The highest BCUT2D eigenvalue weighted by Crippen LogP contribution is 2.12. The maximum atomic E-state index is 11.9. The molecule has 4 nitrogen and oxygen atoms in total. The molecule has 0 aliphatic carbocycles. The summed E-state index contributed by atoms with van der Waals surface area (Å²) in [6.45, 7) is 5.67. The molecule has 0 saturated carbocycles. The second kappa shape index (κ2) is 10.2. The van der Waals surface area contributed by atoms with Crippen molar-refractivity contribution in [1.29, 1.82) is 0 Å². The lowest BCUT2D eigenvalue weighted by Crippen LogP contribution is -2.24. The van der Waals surface area contributed by atoms with Crippen molar-refractivity contribution in [3.05, 3.63) is 29.8 Å². The van der Waals surface area contributed by atoms with E-state index in [1.807, 2.05) is 19.1 Å². The Morgan fingerprint density at radius 3 is 2.62 bits per heavy atom. The zero-order valence-corrected chi connectivity index (χ0v) is 13.1. The lowest BCUT2D eigenvalue weighted by molar-refractivity contribution is 0.0952. The van der Waals surface area contributed by atoms with E-state index in [4.69, 9.17) is 9.84 Å². The molecule has 1 aromatic rings. The maximum absolute atomic E-state index is 11.9. The van der Waals surface area contributed by atoms with Crippen molar-refractivity contribution in [2.45, 2.75) is 39.5 Å². The third-order valence-electron chi connectivity index (χ3n) is 3.35. The van der Waals surface area contributed by atoms with Crippen LogP contribution >= 0.6 is 0 Å². The van der Waals surface area contributed by atoms with Crippen molar-refractivity contribution in [3.8, 4) is 5.75 Å². The summed E-state index contributed by atoms with van der Waals surface area (Å²) in [7, 11) is 0. The van der Waals surface area contributed by atoms with Gasteiger partial charge in [0.05, 0.1) is 6.61 Å². The van der Waals surface area contributed by atoms with E-state index < -0.39 is 0 Å². The number of nitrogens with one attached hydrogen (secondary N) is 1. The number of carbonyl (C=O) groups is 1. The van der Waals surface area contributed by atoms with Crippen molar-refractivity contribution in [2.24, 2.45) is 5.92 Å². The number of hydrogen-bond donors (Lipinski definition) is 2. The van der Waals surface area contributed by atoms with Crippen LogP contribution in [-0.4, -0.2) is 30.8 Å². The quantitative estimate of drug-likeness (QED) is 0.652. The minimum Gasteiger partial charge on any atom is -0.494 e. The fraction of sp³-hybridized carbons (Fsp3) is 0.588. The van der Waals surface area contributed by atoms with Crippen molar-refractivity contribution in [3.63, 3.8) is 0 Å². The van der Waals surface area contributed by atoms with Gasteiger partial charge in [-0.05, 0) is 49.4 Å². The molecule has 0 aliphatic heterocycles. The van der Waals surface area contributed by atoms with Gasteiger partial charge in [-0.1, -0.05) is 20.3 Å². The summed E-state index contributed by atoms with van der Waals surface area (Å²) >= 11 is 0. The predicted molar refractivity (Wildman–Crippen MR) is 84.7 cm³/mol. The molecular weight excluding hydrogens is 266 g/mol. The molecule has 0 aliphatic rings. The van der Waals surface area contributed by atoms with Crippen LogP contribution in [0.5, 0.6) is 5.75 Å². The molecule has 0 fully saturated rings. The van der Waals surface area contributed by atoms with E-state index in [0.29, 0.717) is 24.6 Å². The predicted octanol–water partition coefficient (Wildman–Crippen LogP) is 3.00. The molecule has 0 saturated heterocycles. The van der Waals surface area contributed by atoms with Gasteiger partial charge in [0.2, 0.25) is 0 Å². The van der Waals surface area contributed by atoms with Gasteiger partial charge in [-0.15, -0.1) is 0 Å². The van der Waals surface area contributed by atoms with Crippen molar-refractivity contribution >= 4 is 5.91 Å². The fourth-order valence-electron chi connectivity index (χ4n) is 1.88. The summed E-state index contributed by atoms with van der Waals surface area (Å²) in [6, 6.07) is 7.23. The number of amides is 1. The van der Waals surface area contributed by atoms with Crippen LogP contribution in [0.1, 0.15) is 49.9 Å². The summed E-state index contributed by atoms with van der Waals surface area (Å²) in [5.74, 6) is 1.03. The monoisotopic (exact) mass is 293 g/mol. The number of unbranched alkanes of at least 4 members (excludes halogenated alkanes) is 1. The van der Waals surface area contributed by atoms with Crippen LogP contribution in [0.25, 0.3) is 0 Å². The Bertz CT molecular complexity index is 403. The largest absolute Gasteiger partial charge is 0.494 e. The third-order valence-corrected chi connectivity index (χ3v) is 3.35. The molecule has 1 aromatic carbocycles. The van der Waals surface area contributed by atoms with Crippen molar-refractivity contribution in [1.82, 2.24) is 5.32 Å². The molecule has 0 bridgehead atoms. The summed E-state index contributed by atoms with van der Waals surface area (Å²) in [5, 5.41) is 11.8. The van der Waals surface area contributed by atoms with Gasteiger partial charge in [0.1, 0.15) is 5.75 Å². The molecule has 118 valence electrons. The molecule has 1 atom stereocenters. The Morgan fingerprint density at radius 1 is 1.29 bits per heavy atom. The zero-order valence-electron chi connectivity index (χ0n) is 13.1. The molecule has 1 unspecified atom stereocenters. The van der Waals surface area contributed by atoms with E-state index in [9.17, 15) is 4.79 Å². The van der Waals surface area contributed by atoms with Crippen LogP contribution < -0.4 is 10.1 Å². The molecule has 0 spiro atoms. The van der Waals surface area contributed by atoms with Crippen LogP contribution in [0.4, 0.5) is 0 Å². The van der Waals surface area contributed by atoms with E-state index in [1.54, 1.807) is 12.1 Å². The molecular formula is C17H27NO3. The van der Waals surface area contributed by atoms with Gasteiger partial charge in [-0.3, -0.25) is 4.79 Å². The van der Waals surface area contributed by atoms with Crippen LogP contribution in [0.3, 0.4) is 0 Å². The highest BCUT2D eigenvalue weighted by atomic mass is 16.5. The van der Waals surface area contributed by atoms with Gasteiger partial charge in [-0.2, -0.15) is 0 Å². The summed E-state index contributed by atoms with van der Waals surface area (Å²) in [5.41, 5.74) is 0.646. The molecule has 1 amide bonds. The molecule has 4 heteroatoms. The van der Waals surface area contributed by atoms with E-state index in [1.165, 1.54) is 0 Å². The SMILES string of the molecule is CCCCOc1ccc(C(=O)NCCCC(C)CO)cc1. The normalized spacial score (nSPS) is 12.0. The summed E-state index contributed by atoms with van der Waals surface area (Å²) in [4.78, 5) is 11.9. The molecule has 0 heterocycles. The third kappa shape index (κ3) is 7.14. The van der Waals surface area contributed by atoms with Crippen LogP contribution in [-0.2, 0) is 0 Å². The standard InChI is InChI=1S/C17H27NO3/c1-3-4-12-21-16-9-7-15(8-10-16)17(20)18-11-5-6-14(2)13-19/h7-10,14,19H,3-6,11-13H2,1-2H3,(H,18,20). The van der Waals surface area contributed by atoms with Crippen LogP contribution in [0.15, 0.2) is 24.3 Å². The number of benzene rings is 1. The maximum Gasteiger partial charge on any atom is 0.251 e. The first-order valence-electron chi connectivity index (χ1n) is 7.79. The molecule has 2 N–H and O–H groups in total. The Labute approximate surface area is 127 Å².